The van der Waals surface area contributed by atoms with Gasteiger partial charge in [-0.15, -0.1) is 0 Å². The van der Waals surface area contributed by atoms with Crippen molar-refractivity contribution in [2.75, 3.05) is 26.2 Å². The van der Waals surface area contributed by atoms with E-state index in [1.807, 2.05) is 0 Å². The topological polar surface area (TPSA) is 32.3 Å². The SMILES string of the molecule is C[C@H]1C[C@H](C)CN(CCNC(=O)c2ccc(F)cc2Cl)C1. The summed E-state index contributed by atoms with van der Waals surface area (Å²) in [7, 11) is 0. The van der Waals surface area contributed by atoms with Crippen LogP contribution in [0.3, 0.4) is 0 Å². The molecule has 0 aliphatic carbocycles. The lowest BCUT2D eigenvalue weighted by Crippen LogP contribution is -2.42. The maximum Gasteiger partial charge on any atom is 0.252 e. The van der Waals surface area contributed by atoms with E-state index in [1.54, 1.807) is 0 Å². The number of likely N-dealkylation sites (tertiary alicyclic amines) is 1. The van der Waals surface area contributed by atoms with Gasteiger partial charge in [-0.1, -0.05) is 25.4 Å². The summed E-state index contributed by atoms with van der Waals surface area (Å²) in [5.41, 5.74) is 0.318. The summed E-state index contributed by atoms with van der Waals surface area (Å²) in [6.45, 7) is 8.10. The first-order valence-corrected chi connectivity index (χ1v) is 7.79. The first kappa shape index (κ1) is 16.2. The maximum absolute atomic E-state index is 13.0. The standard InChI is InChI=1S/C16H22ClFN2O/c1-11-7-12(2)10-20(9-11)6-5-19-16(21)14-4-3-13(18)8-15(14)17/h3-4,8,11-12H,5-7,9-10H2,1-2H3,(H,19,21)/t11-,12-/m0/s1. The molecule has 1 aliphatic rings. The Morgan fingerprint density at radius 3 is 2.67 bits per heavy atom. The zero-order valence-corrected chi connectivity index (χ0v) is 13.3. The van der Waals surface area contributed by atoms with Gasteiger partial charge in [0.2, 0.25) is 0 Å². The number of carbonyl (C=O) groups excluding carboxylic acids is 1. The van der Waals surface area contributed by atoms with Gasteiger partial charge in [-0.25, -0.2) is 4.39 Å². The van der Waals surface area contributed by atoms with Crippen LogP contribution in [0.25, 0.3) is 0 Å². The van der Waals surface area contributed by atoms with E-state index in [2.05, 4.69) is 24.1 Å². The highest BCUT2D eigenvalue weighted by Gasteiger charge is 2.21. The Bertz CT molecular complexity index is 499. The third kappa shape index (κ3) is 4.68. The van der Waals surface area contributed by atoms with Crippen LogP contribution < -0.4 is 5.32 Å². The van der Waals surface area contributed by atoms with Crippen LogP contribution in [0.1, 0.15) is 30.6 Å². The lowest BCUT2D eigenvalue weighted by Gasteiger charge is -2.34. The minimum absolute atomic E-state index is 0.146. The van der Waals surface area contributed by atoms with E-state index in [1.165, 1.54) is 18.6 Å². The second-order valence-electron chi connectivity index (χ2n) is 6.09. The van der Waals surface area contributed by atoms with Crippen molar-refractivity contribution in [3.05, 3.63) is 34.6 Å². The van der Waals surface area contributed by atoms with Gasteiger partial charge < -0.3 is 10.2 Å². The van der Waals surface area contributed by atoms with E-state index in [4.69, 9.17) is 11.6 Å². The lowest BCUT2D eigenvalue weighted by molar-refractivity contribution is 0.0937. The Hall–Kier alpha value is -1.13. The molecule has 1 aromatic carbocycles. The lowest BCUT2D eigenvalue weighted by atomic mass is 9.92. The Balaban J connectivity index is 1.81. The molecule has 5 heteroatoms. The van der Waals surface area contributed by atoms with Crippen LogP contribution in [-0.4, -0.2) is 37.0 Å². The molecule has 0 bridgehead atoms. The van der Waals surface area contributed by atoms with E-state index >= 15 is 0 Å². The molecule has 3 nitrogen and oxygen atoms in total. The number of nitrogens with zero attached hydrogens (tertiary/aromatic N) is 1. The smallest absolute Gasteiger partial charge is 0.252 e. The van der Waals surface area contributed by atoms with Gasteiger partial charge in [0.1, 0.15) is 5.82 Å². The number of hydrogen-bond acceptors (Lipinski definition) is 2. The van der Waals surface area contributed by atoms with Crippen LogP contribution in [0.15, 0.2) is 18.2 Å². The molecule has 0 unspecified atom stereocenters. The largest absolute Gasteiger partial charge is 0.351 e. The molecule has 2 rings (SSSR count). The molecule has 1 saturated heterocycles. The quantitative estimate of drug-likeness (QED) is 0.926. The van der Waals surface area contributed by atoms with Gasteiger partial charge in [0, 0.05) is 26.2 Å². The van der Waals surface area contributed by atoms with E-state index in [9.17, 15) is 9.18 Å². The van der Waals surface area contributed by atoms with E-state index < -0.39 is 5.82 Å². The molecular weight excluding hydrogens is 291 g/mol. The first-order valence-electron chi connectivity index (χ1n) is 7.41. The normalized spacial score (nSPS) is 23.0. The average molecular weight is 313 g/mol. The summed E-state index contributed by atoms with van der Waals surface area (Å²) >= 11 is 5.88. The minimum atomic E-state index is -0.437. The van der Waals surface area contributed by atoms with Crippen LogP contribution in [0.5, 0.6) is 0 Å². The fraction of sp³-hybridized carbons (Fsp3) is 0.562. The molecule has 0 spiro atoms. The predicted octanol–water partition coefficient (Wildman–Crippen LogP) is 3.19. The van der Waals surface area contributed by atoms with Crippen molar-refractivity contribution in [1.29, 1.82) is 0 Å². The molecule has 0 radical (unpaired) electrons. The number of carbonyl (C=O) groups is 1. The Kier molecular flexibility index (Phi) is 5.59. The molecule has 21 heavy (non-hydrogen) atoms. The van der Waals surface area contributed by atoms with Gasteiger partial charge in [0.25, 0.3) is 5.91 Å². The number of halogens is 2. The van der Waals surface area contributed by atoms with Crippen molar-refractivity contribution >= 4 is 17.5 Å². The van der Waals surface area contributed by atoms with E-state index in [0.29, 0.717) is 23.9 Å². The molecule has 1 N–H and O–H groups in total. The molecule has 2 atom stereocenters. The molecule has 1 fully saturated rings. The monoisotopic (exact) mass is 312 g/mol. The predicted molar refractivity (Wildman–Crippen MR) is 83.1 cm³/mol. The third-order valence-corrected chi connectivity index (χ3v) is 4.15. The zero-order valence-electron chi connectivity index (χ0n) is 12.5. The van der Waals surface area contributed by atoms with E-state index in [0.717, 1.165) is 25.7 Å². The Morgan fingerprint density at radius 2 is 2.05 bits per heavy atom. The van der Waals surface area contributed by atoms with Crippen LogP contribution in [0.2, 0.25) is 5.02 Å². The molecule has 1 heterocycles. The molecular formula is C16H22ClFN2O. The summed E-state index contributed by atoms with van der Waals surface area (Å²) in [6, 6.07) is 3.82. The van der Waals surface area contributed by atoms with Crippen molar-refractivity contribution in [3.63, 3.8) is 0 Å². The second kappa shape index (κ2) is 7.23. The van der Waals surface area contributed by atoms with E-state index in [-0.39, 0.29) is 10.9 Å². The van der Waals surface area contributed by atoms with Crippen LogP contribution in [0.4, 0.5) is 4.39 Å². The summed E-state index contributed by atoms with van der Waals surface area (Å²) < 4.78 is 13.0. The molecule has 1 aromatic rings. The van der Waals surface area contributed by atoms with Crippen molar-refractivity contribution in [2.24, 2.45) is 11.8 Å². The van der Waals surface area contributed by atoms with Gasteiger partial charge >= 0.3 is 0 Å². The highest BCUT2D eigenvalue weighted by molar-refractivity contribution is 6.33. The molecule has 1 amide bonds. The van der Waals surface area contributed by atoms with Gasteiger partial charge in [0.05, 0.1) is 10.6 Å². The highest BCUT2D eigenvalue weighted by Crippen LogP contribution is 2.20. The molecule has 0 aromatic heterocycles. The first-order chi connectivity index (χ1) is 9.95. The Labute approximate surface area is 130 Å². The summed E-state index contributed by atoms with van der Waals surface area (Å²) in [5, 5.41) is 2.99. The minimum Gasteiger partial charge on any atom is -0.351 e. The highest BCUT2D eigenvalue weighted by atomic mass is 35.5. The van der Waals surface area contributed by atoms with Crippen LogP contribution >= 0.6 is 11.6 Å². The van der Waals surface area contributed by atoms with Gasteiger partial charge in [-0.05, 0) is 36.5 Å². The number of nitrogens with one attached hydrogen (secondary N) is 1. The van der Waals surface area contributed by atoms with Crippen molar-refractivity contribution in [3.8, 4) is 0 Å². The van der Waals surface area contributed by atoms with Gasteiger partial charge in [0.15, 0.2) is 0 Å². The number of piperidine rings is 1. The number of hydrogen-bond donors (Lipinski definition) is 1. The third-order valence-electron chi connectivity index (χ3n) is 3.83. The summed E-state index contributed by atoms with van der Waals surface area (Å²) in [6.07, 6.45) is 1.27. The number of rotatable bonds is 4. The Morgan fingerprint density at radius 1 is 1.38 bits per heavy atom. The van der Waals surface area contributed by atoms with Crippen LogP contribution in [-0.2, 0) is 0 Å². The fourth-order valence-corrected chi connectivity index (χ4v) is 3.32. The fourth-order valence-electron chi connectivity index (χ4n) is 3.07. The average Bonchev–Trinajstić information content (AvgIpc) is 2.37. The van der Waals surface area contributed by atoms with Crippen molar-refractivity contribution in [2.45, 2.75) is 20.3 Å². The number of amides is 1. The van der Waals surface area contributed by atoms with Crippen molar-refractivity contribution in [1.82, 2.24) is 10.2 Å². The van der Waals surface area contributed by atoms with Crippen LogP contribution in [0, 0.1) is 17.7 Å². The number of benzene rings is 1. The van der Waals surface area contributed by atoms with Gasteiger partial charge in [-0.2, -0.15) is 0 Å². The zero-order chi connectivity index (χ0) is 15.4. The van der Waals surface area contributed by atoms with Gasteiger partial charge in [-0.3, -0.25) is 4.79 Å². The summed E-state index contributed by atoms with van der Waals surface area (Å²) in [5.74, 6) is 0.720. The second-order valence-corrected chi connectivity index (χ2v) is 6.49. The maximum atomic E-state index is 13.0. The molecule has 116 valence electrons. The molecule has 0 saturated carbocycles. The molecule has 1 aliphatic heterocycles. The summed E-state index contributed by atoms with van der Waals surface area (Å²) in [4.78, 5) is 14.4. The van der Waals surface area contributed by atoms with Crippen molar-refractivity contribution < 1.29 is 9.18 Å².